The zero-order valence-corrected chi connectivity index (χ0v) is 12.1. The molecule has 0 saturated heterocycles. The average Bonchev–Trinajstić information content (AvgIpc) is 2.46. The Labute approximate surface area is 112 Å². The third-order valence-electron chi connectivity index (χ3n) is 4.21. The normalized spacial score (nSPS) is 24.4. The van der Waals surface area contributed by atoms with Crippen LogP contribution < -0.4 is 5.73 Å². The van der Waals surface area contributed by atoms with Crippen LogP contribution in [0.3, 0.4) is 0 Å². The lowest BCUT2D eigenvalue weighted by atomic mass is 9.81. The minimum atomic E-state index is 0.242. The Balaban J connectivity index is 2.10. The van der Waals surface area contributed by atoms with Gasteiger partial charge in [0.2, 0.25) is 0 Å². The van der Waals surface area contributed by atoms with Crippen molar-refractivity contribution in [3.05, 3.63) is 35.4 Å². The van der Waals surface area contributed by atoms with Crippen LogP contribution in [-0.2, 0) is 6.42 Å². The van der Waals surface area contributed by atoms with E-state index >= 15 is 0 Å². The molecule has 100 valence electrons. The molecule has 2 unspecified atom stereocenters. The van der Waals surface area contributed by atoms with Crippen molar-refractivity contribution in [1.29, 1.82) is 0 Å². The van der Waals surface area contributed by atoms with Crippen LogP contribution in [0, 0.1) is 11.3 Å². The summed E-state index contributed by atoms with van der Waals surface area (Å²) in [6.07, 6.45) is 6.31. The van der Waals surface area contributed by atoms with E-state index in [4.69, 9.17) is 5.73 Å². The molecule has 0 saturated carbocycles. The van der Waals surface area contributed by atoms with Gasteiger partial charge in [-0.15, -0.1) is 0 Å². The van der Waals surface area contributed by atoms with Crippen LogP contribution in [0.4, 0.5) is 0 Å². The molecule has 2 rings (SSSR count). The van der Waals surface area contributed by atoms with Crippen LogP contribution in [0.5, 0.6) is 0 Å². The van der Waals surface area contributed by atoms with E-state index in [-0.39, 0.29) is 6.04 Å². The fourth-order valence-electron chi connectivity index (χ4n) is 3.02. The smallest absolute Gasteiger partial charge is 0.0326 e. The maximum atomic E-state index is 6.52. The second kappa shape index (κ2) is 5.44. The van der Waals surface area contributed by atoms with Crippen LogP contribution in [0.15, 0.2) is 24.3 Å². The largest absolute Gasteiger partial charge is 0.324 e. The molecular weight excluding hydrogens is 218 g/mol. The predicted octanol–water partition coefficient (Wildman–Crippen LogP) is 4.47. The highest BCUT2D eigenvalue weighted by Gasteiger charge is 2.25. The first-order valence-electron chi connectivity index (χ1n) is 7.31. The summed E-state index contributed by atoms with van der Waals surface area (Å²) in [4.78, 5) is 0. The van der Waals surface area contributed by atoms with Crippen molar-refractivity contribution in [2.45, 2.75) is 58.9 Å². The van der Waals surface area contributed by atoms with Crippen LogP contribution in [-0.4, -0.2) is 0 Å². The molecule has 2 atom stereocenters. The third-order valence-corrected chi connectivity index (χ3v) is 4.21. The number of hydrogen-bond donors (Lipinski definition) is 1. The second-order valence-electron chi connectivity index (χ2n) is 6.98. The van der Waals surface area contributed by atoms with Crippen molar-refractivity contribution in [3.63, 3.8) is 0 Å². The van der Waals surface area contributed by atoms with Crippen molar-refractivity contribution in [2.75, 3.05) is 0 Å². The summed E-state index contributed by atoms with van der Waals surface area (Å²) < 4.78 is 0. The van der Waals surface area contributed by atoms with E-state index in [1.165, 1.54) is 43.2 Å². The van der Waals surface area contributed by atoms with Gasteiger partial charge in [0.05, 0.1) is 0 Å². The van der Waals surface area contributed by atoms with Crippen molar-refractivity contribution in [2.24, 2.45) is 17.1 Å². The van der Waals surface area contributed by atoms with Gasteiger partial charge in [-0.05, 0) is 54.6 Å². The zero-order valence-electron chi connectivity index (χ0n) is 12.1. The maximum absolute atomic E-state index is 6.52. The summed E-state index contributed by atoms with van der Waals surface area (Å²) in [5.74, 6) is 0.660. The van der Waals surface area contributed by atoms with E-state index in [0.29, 0.717) is 11.3 Å². The highest BCUT2D eigenvalue weighted by Crippen LogP contribution is 2.36. The molecule has 0 amide bonds. The van der Waals surface area contributed by atoms with Gasteiger partial charge >= 0.3 is 0 Å². The SMILES string of the molecule is CC(C)(C)CCC1CCCc2ccccc2C1N. The molecule has 0 spiro atoms. The van der Waals surface area contributed by atoms with Crippen molar-refractivity contribution >= 4 is 0 Å². The fraction of sp³-hybridized carbons (Fsp3) is 0.647. The molecule has 1 aromatic rings. The summed E-state index contributed by atoms with van der Waals surface area (Å²) in [5.41, 5.74) is 9.81. The van der Waals surface area contributed by atoms with E-state index in [2.05, 4.69) is 45.0 Å². The molecular formula is C17H27N. The Morgan fingerprint density at radius 1 is 1.22 bits per heavy atom. The van der Waals surface area contributed by atoms with Crippen molar-refractivity contribution < 1.29 is 0 Å². The summed E-state index contributed by atoms with van der Waals surface area (Å²) in [5, 5.41) is 0. The Morgan fingerprint density at radius 2 is 1.94 bits per heavy atom. The van der Waals surface area contributed by atoms with E-state index in [9.17, 15) is 0 Å². The summed E-state index contributed by atoms with van der Waals surface area (Å²) in [6.45, 7) is 6.97. The van der Waals surface area contributed by atoms with Crippen LogP contribution in [0.25, 0.3) is 0 Å². The van der Waals surface area contributed by atoms with Gasteiger partial charge in [0.25, 0.3) is 0 Å². The minimum absolute atomic E-state index is 0.242. The highest BCUT2D eigenvalue weighted by atomic mass is 14.7. The number of fused-ring (bicyclic) bond motifs is 1. The molecule has 18 heavy (non-hydrogen) atoms. The third kappa shape index (κ3) is 3.35. The number of rotatable bonds is 2. The monoisotopic (exact) mass is 245 g/mol. The summed E-state index contributed by atoms with van der Waals surface area (Å²) >= 11 is 0. The van der Waals surface area contributed by atoms with Gasteiger partial charge in [-0.25, -0.2) is 0 Å². The lowest BCUT2D eigenvalue weighted by Gasteiger charge is -2.26. The van der Waals surface area contributed by atoms with Gasteiger partial charge in [-0.1, -0.05) is 45.0 Å². The first kappa shape index (κ1) is 13.6. The molecule has 1 heteroatoms. The molecule has 0 heterocycles. The van der Waals surface area contributed by atoms with Crippen LogP contribution in [0.1, 0.15) is 63.6 Å². The number of benzene rings is 1. The van der Waals surface area contributed by atoms with Gasteiger partial charge < -0.3 is 5.73 Å². The number of nitrogens with two attached hydrogens (primary N) is 1. The fourth-order valence-corrected chi connectivity index (χ4v) is 3.02. The molecule has 1 aliphatic rings. The van der Waals surface area contributed by atoms with Crippen LogP contribution in [0.2, 0.25) is 0 Å². The first-order chi connectivity index (χ1) is 8.47. The van der Waals surface area contributed by atoms with E-state index in [1.54, 1.807) is 0 Å². The first-order valence-corrected chi connectivity index (χ1v) is 7.31. The minimum Gasteiger partial charge on any atom is -0.324 e. The highest BCUT2D eigenvalue weighted by molar-refractivity contribution is 5.31. The predicted molar refractivity (Wildman–Crippen MR) is 78.5 cm³/mol. The summed E-state index contributed by atoms with van der Waals surface area (Å²) in [6, 6.07) is 8.99. The molecule has 0 bridgehead atoms. The lowest BCUT2D eigenvalue weighted by molar-refractivity contribution is 0.287. The van der Waals surface area contributed by atoms with Crippen molar-refractivity contribution in [3.8, 4) is 0 Å². The van der Waals surface area contributed by atoms with Gasteiger partial charge in [0, 0.05) is 6.04 Å². The topological polar surface area (TPSA) is 26.0 Å². The molecule has 1 aromatic carbocycles. The molecule has 1 nitrogen and oxygen atoms in total. The van der Waals surface area contributed by atoms with E-state index < -0.39 is 0 Å². The van der Waals surface area contributed by atoms with E-state index in [0.717, 1.165) is 0 Å². The molecule has 0 fully saturated rings. The Hall–Kier alpha value is -0.820. The van der Waals surface area contributed by atoms with Gasteiger partial charge in [-0.2, -0.15) is 0 Å². The lowest BCUT2D eigenvalue weighted by Crippen LogP contribution is -2.22. The number of hydrogen-bond acceptors (Lipinski definition) is 1. The molecule has 1 aliphatic carbocycles. The van der Waals surface area contributed by atoms with Gasteiger partial charge in [0.1, 0.15) is 0 Å². The standard InChI is InChI=1S/C17H27N/c1-17(2,3)12-11-14-9-6-8-13-7-4-5-10-15(13)16(14)18/h4-5,7,10,14,16H,6,8-9,11-12,18H2,1-3H3. The van der Waals surface area contributed by atoms with E-state index in [1.807, 2.05) is 0 Å². The molecule has 0 radical (unpaired) electrons. The Morgan fingerprint density at radius 3 is 2.67 bits per heavy atom. The average molecular weight is 245 g/mol. The molecule has 2 N–H and O–H groups in total. The van der Waals surface area contributed by atoms with Gasteiger partial charge in [-0.3, -0.25) is 0 Å². The second-order valence-corrected chi connectivity index (χ2v) is 6.98. The zero-order chi connectivity index (χ0) is 13.2. The number of aryl methyl sites for hydroxylation is 1. The quantitative estimate of drug-likeness (QED) is 0.765. The molecule has 0 aromatic heterocycles. The Kier molecular flexibility index (Phi) is 4.11. The van der Waals surface area contributed by atoms with Crippen LogP contribution >= 0.6 is 0 Å². The maximum Gasteiger partial charge on any atom is 0.0326 e. The Bertz CT molecular complexity index is 389. The molecule has 0 aliphatic heterocycles. The van der Waals surface area contributed by atoms with Gasteiger partial charge in [0.15, 0.2) is 0 Å². The van der Waals surface area contributed by atoms with Crippen molar-refractivity contribution in [1.82, 2.24) is 0 Å². The summed E-state index contributed by atoms with van der Waals surface area (Å²) in [7, 11) is 0.